The highest BCUT2D eigenvalue weighted by atomic mass is 16.5. The molecule has 1 atom stereocenters. The van der Waals surface area contributed by atoms with Crippen LogP contribution in [0.15, 0.2) is 29.8 Å². The average Bonchev–Trinajstić information content (AvgIpc) is 2.28. The molecular weight excluding hydrogens is 202 g/mol. The summed E-state index contributed by atoms with van der Waals surface area (Å²) in [6.45, 7) is 3.92. The van der Waals surface area contributed by atoms with Gasteiger partial charge in [-0.2, -0.15) is 0 Å². The Labute approximate surface area is 95.9 Å². The van der Waals surface area contributed by atoms with Crippen LogP contribution >= 0.6 is 0 Å². The maximum absolute atomic E-state index is 11.2. The normalized spacial score (nSPS) is 13.4. The Morgan fingerprint density at radius 2 is 1.94 bits per heavy atom. The number of benzene rings is 1. The Morgan fingerprint density at radius 3 is 2.38 bits per heavy atom. The van der Waals surface area contributed by atoms with E-state index in [0.717, 1.165) is 11.1 Å². The van der Waals surface area contributed by atoms with Crippen LogP contribution in [0.3, 0.4) is 0 Å². The van der Waals surface area contributed by atoms with Crippen LogP contribution in [0.5, 0.6) is 0 Å². The van der Waals surface area contributed by atoms with Gasteiger partial charge in [0.05, 0.1) is 12.7 Å². The molecule has 0 fully saturated rings. The summed E-state index contributed by atoms with van der Waals surface area (Å²) in [5.74, 6) is -0.320. The number of hydrogen-bond acceptors (Lipinski definition) is 3. The first-order chi connectivity index (χ1) is 7.54. The second-order valence-corrected chi connectivity index (χ2v) is 3.79. The molecule has 1 rings (SSSR count). The maximum atomic E-state index is 11.2. The Bertz CT molecular complexity index is 391. The Hall–Kier alpha value is -1.61. The highest BCUT2D eigenvalue weighted by Crippen LogP contribution is 2.11. The second-order valence-electron chi connectivity index (χ2n) is 3.79. The van der Waals surface area contributed by atoms with E-state index in [1.807, 2.05) is 32.1 Å². The van der Waals surface area contributed by atoms with Crippen molar-refractivity contribution >= 4 is 12.0 Å². The summed E-state index contributed by atoms with van der Waals surface area (Å²) in [5.41, 5.74) is 8.43. The average molecular weight is 219 g/mol. The molecule has 16 heavy (non-hydrogen) atoms. The van der Waals surface area contributed by atoms with Gasteiger partial charge in [-0.3, -0.25) is 0 Å². The lowest BCUT2D eigenvalue weighted by Gasteiger charge is -2.05. The van der Waals surface area contributed by atoms with Crippen molar-refractivity contribution < 1.29 is 9.53 Å². The van der Waals surface area contributed by atoms with Crippen LogP contribution in [0, 0.1) is 0 Å². The van der Waals surface area contributed by atoms with Gasteiger partial charge in [-0.25, -0.2) is 4.79 Å². The smallest absolute Gasteiger partial charge is 0.337 e. The molecule has 0 bridgehead atoms. The molecule has 0 saturated carbocycles. The van der Waals surface area contributed by atoms with E-state index < -0.39 is 0 Å². The third kappa shape index (κ3) is 3.21. The van der Waals surface area contributed by atoms with Crippen LogP contribution in [0.25, 0.3) is 6.08 Å². The third-order valence-corrected chi connectivity index (χ3v) is 2.44. The molecule has 2 N–H and O–H groups in total. The zero-order valence-corrected chi connectivity index (χ0v) is 9.86. The fraction of sp³-hybridized carbons (Fsp3) is 0.308. The summed E-state index contributed by atoms with van der Waals surface area (Å²) in [7, 11) is 1.37. The fourth-order valence-electron chi connectivity index (χ4n) is 1.23. The molecule has 86 valence electrons. The molecule has 1 aromatic rings. The molecule has 0 heterocycles. The van der Waals surface area contributed by atoms with Gasteiger partial charge >= 0.3 is 5.97 Å². The predicted octanol–water partition coefficient (Wildman–Crippen LogP) is 2.22. The van der Waals surface area contributed by atoms with E-state index in [2.05, 4.69) is 4.74 Å². The molecular formula is C13H17NO2. The summed E-state index contributed by atoms with van der Waals surface area (Å²) in [6.07, 6.45) is 2.01. The van der Waals surface area contributed by atoms with Crippen LogP contribution in [0.1, 0.15) is 29.8 Å². The minimum absolute atomic E-state index is 0.0419. The van der Waals surface area contributed by atoms with Crippen LogP contribution in [-0.4, -0.2) is 19.1 Å². The first-order valence-electron chi connectivity index (χ1n) is 5.16. The van der Waals surface area contributed by atoms with Gasteiger partial charge < -0.3 is 10.5 Å². The van der Waals surface area contributed by atoms with Gasteiger partial charge in [0.1, 0.15) is 0 Å². The number of hydrogen-bond donors (Lipinski definition) is 1. The van der Waals surface area contributed by atoms with Gasteiger partial charge in [-0.05, 0) is 31.5 Å². The third-order valence-electron chi connectivity index (χ3n) is 2.44. The Morgan fingerprint density at radius 1 is 1.38 bits per heavy atom. The van der Waals surface area contributed by atoms with Crippen molar-refractivity contribution in [2.75, 3.05) is 7.11 Å². The molecule has 0 radical (unpaired) electrons. The number of rotatable bonds is 3. The van der Waals surface area contributed by atoms with Gasteiger partial charge in [-0.1, -0.05) is 23.8 Å². The molecule has 1 unspecified atom stereocenters. The van der Waals surface area contributed by atoms with Crippen molar-refractivity contribution in [3.05, 3.63) is 41.0 Å². The highest BCUT2D eigenvalue weighted by molar-refractivity contribution is 5.89. The van der Waals surface area contributed by atoms with E-state index in [1.165, 1.54) is 7.11 Å². The lowest BCUT2D eigenvalue weighted by molar-refractivity contribution is 0.0601. The van der Waals surface area contributed by atoms with Crippen molar-refractivity contribution in [1.82, 2.24) is 0 Å². The molecule has 0 aromatic heterocycles. The first-order valence-corrected chi connectivity index (χ1v) is 5.16. The lowest BCUT2D eigenvalue weighted by atomic mass is 10.1. The van der Waals surface area contributed by atoms with E-state index >= 15 is 0 Å². The van der Waals surface area contributed by atoms with E-state index in [1.54, 1.807) is 12.1 Å². The molecule has 0 saturated heterocycles. The summed E-state index contributed by atoms with van der Waals surface area (Å²) < 4.78 is 4.62. The van der Waals surface area contributed by atoms with E-state index in [9.17, 15) is 4.79 Å². The van der Waals surface area contributed by atoms with E-state index in [0.29, 0.717) is 5.56 Å². The lowest BCUT2D eigenvalue weighted by Crippen LogP contribution is -2.15. The van der Waals surface area contributed by atoms with Crippen molar-refractivity contribution in [2.24, 2.45) is 5.73 Å². The standard InChI is InChI=1S/C13H17NO2/c1-9(10(2)14)8-11-4-6-12(7-5-11)13(15)16-3/h4-8,10H,14H2,1-3H3/b9-8-. The van der Waals surface area contributed by atoms with Gasteiger partial charge in [-0.15, -0.1) is 0 Å². The number of esters is 1. The van der Waals surface area contributed by atoms with Crippen LogP contribution < -0.4 is 5.73 Å². The summed E-state index contributed by atoms with van der Waals surface area (Å²) in [5, 5.41) is 0. The topological polar surface area (TPSA) is 52.3 Å². The monoisotopic (exact) mass is 219 g/mol. The van der Waals surface area contributed by atoms with Gasteiger partial charge in [0.15, 0.2) is 0 Å². The van der Waals surface area contributed by atoms with Crippen molar-refractivity contribution in [3.63, 3.8) is 0 Å². The SMILES string of the molecule is COC(=O)c1ccc(/C=C(/C)C(C)N)cc1. The van der Waals surface area contributed by atoms with E-state index in [4.69, 9.17) is 5.73 Å². The zero-order valence-electron chi connectivity index (χ0n) is 9.86. The molecule has 0 aliphatic rings. The molecule has 0 amide bonds. The molecule has 3 heteroatoms. The largest absolute Gasteiger partial charge is 0.465 e. The molecule has 0 aliphatic carbocycles. The fourth-order valence-corrected chi connectivity index (χ4v) is 1.23. The van der Waals surface area contributed by atoms with Gasteiger partial charge in [0.2, 0.25) is 0 Å². The summed E-state index contributed by atoms with van der Waals surface area (Å²) in [4.78, 5) is 11.2. The molecule has 0 aliphatic heterocycles. The molecule has 3 nitrogen and oxygen atoms in total. The van der Waals surface area contributed by atoms with Crippen molar-refractivity contribution in [1.29, 1.82) is 0 Å². The number of methoxy groups -OCH3 is 1. The first kappa shape index (κ1) is 12.5. The van der Waals surface area contributed by atoms with Crippen molar-refractivity contribution in [3.8, 4) is 0 Å². The molecule has 1 aromatic carbocycles. The van der Waals surface area contributed by atoms with Crippen LogP contribution in [-0.2, 0) is 4.74 Å². The number of ether oxygens (including phenoxy) is 1. The van der Waals surface area contributed by atoms with Crippen LogP contribution in [0.2, 0.25) is 0 Å². The Kier molecular flexibility index (Phi) is 4.26. The minimum atomic E-state index is -0.320. The predicted molar refractivity (Wildman–Crippen MR) is 65.1 cm³/mol. The van der Waals surface area contributed by atoms with Gasteiger partial charge in [0, 0.05) is 6.04 Å². The number of carbonyl (C=O) groups excluding carboxylic acids is 1. The van der Waals surface area contributed by atoms with Crippen LogP contribution in [0.4, 0.5) is 0 Å². The zero-order chi connectivity index (χ0) is 12.1. The second kappa shape index (κ2) is 5.47. The number of nitrogens with two attached hydrogens (primary N) is 1. The maximum Gasteiger partial charge on any atom is 0.337 e. The Balaban J connectivity index is 2.87. The highest BCUT2D eigenvalue weighted by Gasteiger charge is 2.03. The van der Waals surface area contributed by atoms with E-state index in [-0.39, 0.29) is 12.0 Å². The quantitative estimate of drug-likeness (QED) is 0.793. The summed E-state index contributed by atoms with van der Waals surface area (Å²) >= 11 is 0. The number of carbonyl (C=O) groups is 1. The van der Waals surface area contributed by atoms with Crippen molar-refractivity contribution in [2.45, 2.75) is 19.9 Å². The summed E-state index contributed by atoms with van der Waals surface area (Å²) in [6, 6.07) is 7.27. The van der Waals surface area contributed by atoms with Gasteiger partial charge in [0.25, 0.3) is 0 Å². The minimum Gasteiger partial charge on any atom is -0.465 e. The molecule has 0 spiro atoms.